The summed E-state index contributed by atoms with van der Waals surface area (Å²) in [5, 5.41) is 8.95. The van der Waals surface area contributed by atoms with Crippen LogP contribution in [0.5, 0.6) is 0 Å². The Morgan fingerprint density at radius 3 is 2.13 bits per heavy atom. The largest absolute Gasteiger partial charge is 0.462 e. The first-order valence-corrected chi connectivity index (χ1v) is 12.7. The van der Waals surface area contributed by atoms with E-state index < -0.39 is 5.97 Å². The van der Waals surface area contributed by atoms with Gasteiger partial charge < -0.3 is 4.74 Å². The maximum atomic E-state index is 14.9. The Balaban J connectivity index is 1.58. The summed E-state index contributed by atoms with van der Waals surface area (Å²) >= 11 is 0. The van der Waals surface area contributed by atoms with Crippen LogP contribution in [0.4, 0.5) is 4.39 Å². The fourth-order valence-electron chi connectivity index (χ4n) is 4.72. The van der Waals surface area contributed by atoms with Gasteiger partial charge >= 0.3 is 5.97 Å². The number of hydrogen-bond donors (Lipinski definition) is 0. The number of benzene rings is 3. The molecule has 0 amide bonds. The van der Waals surface area contributed by atoms with Crippen molar-refractivity contribution in [3.05, 3.63) is 96.3 Å². The van der Waals surface area contributed by atoms with Gasteiger partial charge in [0.15, 0.2) is 0 Å². The predicted octanol–water partition coefficient (Wildman–Crippen LogP) is 8.33. The van der Waals surface area contributed by atoms with Gasteiger partial charge in [-0.2, -0.15) is 5.26 Å². The summed E-state index contributed by atoms with van der Waals surface area (Å²) in [6.07, 6.45) is 3.79. The molecule has 0 aliphatic rings. The number of nitrogens with zero attached hydrogens (tertiary/aromatic N) is 1. The smallest absolute Gasteiger partial charge is 0.330 e. The summed E-state index contributed by atoms with van der Waals surface area (Å²) in [7, 11) is 0. The minimum Gasteiger partial charge on any atom is -0.462 e. The lowest BCUT2D eigenvalue weighted by molar-refractivity contribution is -0.141. The van der Waals surface area contributed by atoms with Crippen molar-refractivity contribution < 1.29 is 13.9 Å². The molecule has 194 valence electrons. The van der Waals surface area contributed by atoms with Crippen LogP contribution < -0.4 is 0 Å². The number of halogens is 1. The van der Waals surface area contributed by atoms with Gasteiger partial charge in [-0.3, -0.25) is 0 Å². The lowest BCUT2D eigenvalue weighted by Crippen LogP contribution is -2.28. The Morgan fingerprint density at radius 1 is 0.921 bits per heavy atom. The van der Waals surface area contributed by atoms with Crippen molar-refractivity contribution in [2.24, 2.45) is 10.8 Å². The fraction of sp³-hybridized carbons (Fsp3) is 0.294. The Bertz CT molecular complexity index is 1380. The van der Waals surface area contributed by atoms with Crippen LogP contribution in [0.1, 0.15) is 58.1 Å². The summed E-state index contributed by atoms with van der Waals surface area (Å²) in [6, 6.07) is 22.0. The second kappa shape index (κ2) is 12.4. The molecule has 3 aromatic carbocycles. The van der Waals surface area contributed by atoms with E-state index in [1.54, 1.807) is 30.3 Å². The van der Waals surface area contributed by atoms with Crippen molar-refractivity contribution in [2.45, 2.75) is 47.0 Å². The van der Waals surface area contributed by atoms with Crippen LogP contribution in [0.2, 0.25) is 0 Å². The molecule has 3 rings (SSSR count). The molecule has 0 fully saturated rings. The quantitative estimate of drug-likeness (QED) is 0.166. The molecule has 38 heavy (non-hydrogen) atoms. The first-order chi connectivity index (χ1) is 18.0. The Hall–Kier alpha value is -4.15. The highest BCUT2D eigenvalue weighted by Crippen LogP contribution is 2.37. The van der Waals surface area contributed by atoms with Gasteiger partial charge in [0, 0.05) is 23.6 Å². The molecule has 0 spiro atoms. The van der Waals surface area contributed by atoms with Crippen LogP contribution in [0.25, 0.3) is 22.3 Å². The first-order valence-electron chi connectivity index (χ1n) is 12.7. The van der Waals surface area contributed by atoms with Gasteiger partial charge in [0.1, 0.15) is 5.82 Å². The third-order valence-electron chi connectivity index (χ3n) is 6.40. The van der Waals surface area contributed by atoms with Crippen LogP contribution >= 0.6 is 0 Å². The zero-order chi connectivity index (χ0) is 27.8. The van der Waals surface area contributed by atoms with Crippen molar-refractivity contribution in [1.82, 2.24) is 0 Å². The van der Waals surface area contributed by atoms with Crippen molar-refractivity contribution in [3.8, 4) is 40.2 Å². The molecule has 0 unspecified atom stereocenters. The van der Waals surface area contributed by atoms with E-state index in [1.165, 1.54) is 12.1 Å². The average molecular weight is 508 g/mol. The predicted molar refractivity (Wildman–Crippen MR) is 151 cm³/mol. The maximum absolute atomic E-state index is 14.9. The number of ether oxygens (including phenoxy) is 1. The standard InChI is InChI=1S/C34H34FNO2/c1-6-32(37)38-24-34(4,5)23-33(2,3)20-8-7-9-25-10-14-27(15-11-25)29-18-19-30(31(35)21-29)28-16-12-26(22-36)13-17-28/h6,10-19,21H,1,8,20,23-24H2,2-5H3. The average Bonchev–Trinajstić information content (AvgIpc) is 2.89. The van der Waals surface area contributed by atoms with Crippen molar-refractivity contribution in [2.75, 3.05) is 6.61 Å². The number of carbonyl (C=O) groups is 1. The minimum atomic E-state index is -0.391. The summed E-state index contributed by atoms with van der Waals surface area (Å²) in [4.78, 5) is 11.4. The number of nitriles is 1. The number of carbonyl (C=O) groups excluding carboxylic acids is 1. The van der Waals surface area contributed by atoms with Gasteiger partial charge in [0.05, 0.1) is 18.2 Å². The highest BCUT2D eigenvalue weighted by Gasteiger charge is 2.29. The second-order valence-corrected chi connectivity index (χ2v) is 11.1. The summed E-state index contributed by atoms with van der Waals surface area (Å²) in [6.45, 7) is 12.4. The molecule has 0 N–H and O–H groups in total. The lowest BCUT2D eigenvalue weighted by Gasteiger charge is -2.34. The molecule has 0 aromatic heterocycles. The molecule has 0 saturated carbocycles. The molecule has 3 aromatic rings. The Labute approximate surface area is 226 Å². The molecule has 0 saturated heterocycles. The SMILES string of the molecule is C=CC(=O)OCC(C)(C)CC(C)(C)CCC#Cc1ccc(-c2ccc(-c3ccc(C#N)cc3)c(F)c2)cc1. The van der Waals surface area contributed by atoms with Crippen LogP contribution in [-0.4, -0.2) is 12.6 Å². The monoisotopic (exact) mass is 507 g/mol. The van der Waals surface area contributed by atoms with Crippen LogP contribution in [-0.2, 0) is 9.53 Å². The molecule has 4 heteroatoms. The van der Waals surface area contributed by atoms with E-state index >= 15 is 0 Å². The van der Waals surface area contributed by atoms with E-state index in [1.807, 2.05) is 30.3 Å². The highest BCUT2D eigenvalue weighted by molar-refractivity contribution is 5.81. The van der Waals surface area contributed by atoms with Gasteiger partial charge in [0.25, 0.3) is 0 Å². The number of esters is 1. The van der Waals surface area contributed by atoms with Crippen LogP contribution in [0.15, 0.2) is 79.4 Å². The molecule has 0 atom stereocenters. The Kier molecular flexibility index (Phi) is 9.27. The molecule has 0 aliphatic heterocycles. The van der Waals surface area contributed by atoms with Gasteiger partial charge in [-0.1, -0.05) is 82.5 Å². The van der Waals surface area contributed by atoms with Gasteiger partial charge in [0.2, 0.25) is 0 Å². The topological polar surface area (TPSA) is 50.1 Å². The van der Waals surface area contributed by atoms with Crippen molar-refractivity contribution in [1.29, 1.82) is 5.26 Å². The van der Waals surface area contributed by atoms with E-state index in [4.69, 9.17) is 10.00 Å². The zero-order valence-corrected chi connectivity index (χ0v) is 22.6. The maximum Gasteiger partial charge on any atom is 0.330 e. The molecule has 3 nitrogen and oxygen atoms in total. The normalized spacial score (nSPS) is 11.2. The summed E-state index contributed by atoms with van der Waals surface area (Å²) < 4.78 is 20.1. The molecule has 0 bridgehead atoms. The van der Waals surface area contributed by atoms with E-state index in [9.17, 15) is 9.18 Å². The fourth-order valence-corrected chi connectivity index (χ4v) is 4.72. The minimum absolute atomic E-state index is 0.0522. The Morgan fingerprint density at radius 2 is 1.53 bits per heavy atom. The van der Waals surface area contributed by atoms with Crippen LogP contribution in [0.3, 0.4) is 0 Å². The van der Waals surface area contributed by atoms with Crippen molar-refractivity contribution >= 4 is 5.97 Å². The van der Waals surface area contributed by atoms with Gasteiger partial charge in [-0.15, -0.1) is 0 Å². The summed E-state index contributed by atoms with van der Waals surface area (Å²) in [5.41, 5.74) is 4.33. The van der Waals surface area contributed by atoms with E-state index in [0.29, 0.717) is 17.7 Å². The second-order valence-electron chi connectivity index (χ2n) is 11.1. The molecule has 0 radical (unpaired) electrons. The van der Waals surface area contributed by atoms with Crippen molar-refractivity contribution in [3.63, 3.8) is 0 Å². The number of rotatable bonds is 9. The van der Waals surface area contributed by atoms with E-state index in [-0.39, 0.29) is 16.6 Å². The highest BCUT2D eigenvalue weighted by atomic mass is 19.1. The third-order valence-corrected chi connectivity index (χ3v) is 6.40. The molecular weight excluding hydrogens is 473 g/mol. The third kappa shape index (κ3) is 8.19. The zero-order valence-electron chi connectivity index (χ0n) is 22.6. The van der Waals surface area contributed by atoms with Gasteiger partial charge in [-0.25, -0.2) is 9.18 Å². The van der Waals surface area contributed by atoms with E-state index in [0.717, 1.165) is 41.5 Å². The summed E-state index contributed by atoms with van der Waals surface area (Å²) in [5.74, 6) is 5.81. The molecule has 0 heterocycles. The van der Waals surface area contributed by atoms with Crippen LogP contribution in [0, 0.1) is 39.8 Å². The van der Waals surface area contributed by atoms with Gasteiger partial charge in [-0.05, 0) is 70.7 Å². The molecule has 0 aliphatic carbocycles. The lowest BCUT2D eigenvalue weighted by atomic mass is 9.73. The first kappa shape index (κ1) is 28.4. The van der Waals surface area contributed by atoms with E-state index in [2.05, 4.69) is 52.2 Å². The molecular formula is C34H34FNO2. The number of hydrogen-bond acceptors (Lipinski definition) is 3.